The van der Waals surface area contributed by atoms with Crippen LogP contribution < -0.4 is 5.73 Å². The Morgan fingerprint density at radius 2 is 2.15 bits per heavy atom. The largest absolute Gasteiger partial charge is 0.416 e. The Labute approximate surface area is 116 Å². The molecule has 0 amide bonds. The van der Waals surface area contributed by atoms with E-state index in [1.54, 1.807) is 6.07 Å². The van der Waals surface area contributed by atoms with Crippen LogP contribution in [0.3, 0.4) is 0 Å². The van der Waals surface area contributed by atoms with Gasteiger partial charge in [-0.05, 0) is 31.0 Å². The van der Waals surface area contributed by atoms with Crippen molar-refractivity contribution in [2.45, 2.75) is 38.5 Å². The normalized spacial score (nSPS) is 20.9. The van der Waals surface area contributed by atoms with Crippen LogP contribution in [0.2, 0.25) is 0 Å². The summed E-state index contributed by atoms with van der Waals surface area (Å²) in [5, 5.41) is 0. The summed E-state index contributed by atoms with van der Waals surface area (Å²) < 4.78 is 38.4. The maximum atomic E-state index is 12.8. The highest BCUT2D eigenvalue weighted by molar-refractivity contribution is 5.80. The van der Waals surface area contributed by atoms with Crippen LogP contribution >= 0.6 is 0 Å². The van der Waals surface area contributed by atoms with Crippen LogP contribution in [-0.2, 0) is 6.18 Å². The number of hydrogen-bond donors (Lipinski definition) is 1. The first-order valence-corrected chi connectivity index (χ1v) is 6.60. The molecule has 0 saturated carbocycles. The maximum Gasteiger partial charge on any atom is 0.416 e. The average Bonchev–Trinajstić information content (AvgIpc) is 2.79. The number of rotatable bonds is 3. The van der Waals surface area contributed by atoms with E-state index in [9.17, 15) is 13.2 Å². The fourth-order valence-corrected chi connectivity index (χ4v) is 2.43. The molecule has 0 saturated heterocycles. The van der Waals surface area contributed by atoms with Crippen molar-refractivity contribution in [1.82, 2.24) is 4.90 Å². The average molecular weight is 285 g/mol. The van der Waals surface area contributed by atoms with E-state index >= 15 is 0 Å². The third-order valence-corrected chi connectivity index (χ3v) is 3.69. The van der Waals surface area contributed by atoms with Gasteiger partial charge in [-0.3, -0.25) is 4.99 Å². The highest BCUT2D eigenvalue weighted by Gasteiger charge is 2.34. The van der Waals surface area contributed by atoms with Crippen LogP contribution in [0.15, 0.2) is 29.3 Å². The van der Waals surface area contributed by atoms with Crippen molar-refractivity contribution in [2.24, 2.45) is 10.7 Å². The monoisotopic (exact) mass is 285 g/mol. The van der Waals surface area contributed by atoms with Gasteiger partial charge in [0.15, 0.2) is 5.96 Å². The van der Waals surface area contributed by atoms with Crippen molar-refractivity contribution in [3.8, 4) is 0 Å². The standard InChI is InChI=1S/C14H18F3N3/c1-3-9(2)20-12(8-19-13(20)18)10-5-4-6-11(7-10)14(15,16)17/h4-7,9,12H,3,8H2,1-2H3,(H2,18,19). The zero-order chi connectivity index (χ0) is 14.9. The van der Waals surface area contributed by atoms with Crippen molar-refractivity contribution in [1.29, 1.82) is 0 Å². The van der Waals surface area contributed by atoms with Crippen molar-refractivity contribution >= 4 is 5.96 Å². The fourth-order valence-electron chi connectivity index (χ4n) is 2.43. The first kappa shape index (κ1) is 14.7. The van der Waals surface area contributed by atoms with Gasteiger partial charge in [-0.2, -0.15) is 13.2 Å². The Morgan fingerprint density at radius 1 is 1.45 bits per heavy atom. The molecule has 1 aliphatic rings. The Balaban J connectivity index is 2.32. The molecule has 1 aliphatic heterocycles. The molecule has 2 atom stereocenters. The van der Waals surface area contributed by atoms with Gasteiger partial charge in [0, 0.05) is 6.04 Å². The second kappa shape index (κ2) is 5.34. The Bertz CT molecular complexity index is 511. The molecule has 6 heteroatoms. The van der Waals surface area contributed by atoms with Crippen LogP contribution in [0.4, 0.5) is 13.2 Å². The minimum Gasteiger partial charge on any atom is -0.370 e. The second-order valence-electron chi connectivity index (χ2n) is 5.00. The molecule has 2 N–H and O–H groups in total. The third kappa shape index (κ3) is 2.73. The smallest absolute Gasteiger partial charge is 0.370 e. The van der Waals surface area contributed by atoms with Crippen LogP contribution in [0.1, 0.15) is 37.4 Å². The van der Waals surface area contributed by atoms with E-state index in [-0.39, 0.29) is 12.1 Å². The molecule has 2 unspecified atom stereocenters. The summed E-state index contributed by atoms with van der Waals surface area (Å²) in [4.78, 5) is 6.07. The lowest BCUT2D eigenvalue weighted by Crippen LogP contribution is -2.42. The quantitative estimate of drug-likeness (QED) is 0.926. The van der Waals surface area contributed by atoms with Crippen LogP contribution in [0.5, 0.6) is 0 Å². The molecule has 20 heavy (non-hydrogen) atoms. The van der Waals surface area contributed by atoms with Gasteiger partial charge in [0.25, 0.3) is 0 Å². The van der Waals surface area contributed by atoms with E-state index in [1.807, 2.05) is 18.7 Å². The van der Waals surface area contributed by atoms with E-state index in [1.165, 1.54) is 12.1 Å². The predicted molar refractivity (Wildman–Crippen MR) is 72.3 cm³/mol. The van der Waals surface area contributed by atoms with Gasteiger partial charge in [-0.25, -0.2) is 0 Å². The van der Waals surface area contributed by atoms with Gasteiger partial charge in [0.1, 0.15) is 0 Å². The Kier molecular flexibility index (Phi) is 3.92. The molecule has 3 nitrogen and oxygen atoms in total. The number of alkyl halides is 3. The van der Waals surface area contributed by atoms with Crippen LogP contribution in [0.25, 0.3) is 0 Å². The van der Waals surface area contributed by atoms with Gasteiger partial charge in [-0.15, -0.1) is 0 Å². The van der Waals surface area contributed by atoms with Crippen molar-refractivity contribution in [2.75, 3.05) is 6.54 Å². The van der Waals surface area contributed by atoms with Crippen LogP contribution in [-0.4, -0.2) is 23.4 Å². The number of nitrogens with two attached hydrogens (primary N) is 1. The molecule has 1 heterocycles. The molecular weight excluding hydrogens is 267 g/mol. The molecule has 0 radical (unpaired) electrons. The highest BCUT2D eigenvalue weighted by Crippen LogP contribution is 2.34. The zero-order valence-corrected chi connectivity index (χ0v) is 11.5. The van der Waals surface area contributed by atoms with E-state index in [2.05, 4.69) is 4.99 Å². The summed E-state index contributed by atoms with van der Waals surface area (Å²) in [5.41, 5.74) is 5.83. The molecule has 0 aliphatic carbocycles. The summed E-state index contributed by atoms with van der Waals surface area (Å²) >= 11 is 0. The molecule has 0 fully saturated rings. The van der Waals surface area contributed by atoms with Gasteiger partial charge in [-0.1, -0.05) is 19.1 Å². The van der Waals surface area contributed by atoms with Gasteiger partial charge >= 0.3 is 6.18 Å². The summed E-state index contributed by atoms with van der Waals surface area (Å²) in [6.07, 6.45) is -3.48. The SMILES string of the molecule is CCC(C)N1C(N)=NCC1c1cccc(C(F)(F)F)c1. The molecule has 1 aromatic carbocycles. The molecular formula is C14H18F3N3. The molecule has 0 aromatic heterocycles. The summed E-state index contributed by atoms with van der Waals surface area (Å²) in [6, 6.07) is 5.32. The van der Waals surface area contributed by atoms with Crippen LogP contribution in [0, 0.1) is 0 Å². The Hall–Kier alpha value is -1.72. The van der Waals surface area contributed by atoms with Gasteiger partial charge in [0.2, 0.25) is 0 Å². The van der Waals surface area contributed by atoms with Crippen molar-refractivity contribution in [3.05, 3.63) is 35.4 Å². The Morgan fingerprint density at radius 3 is 2.75 bits per heavy atom. The topological polar surface area (TPSA) is 41.6 Å². The summed E-state index contributed by atoms with van der Waals surface area (Å²) in [6.45, 7) is 4.41. The number of guanidine groups is 1. The molecule has 0 spiro atoms. The van der Waals surface area contributed by atoms with Gasteiger partial charge in [0.05, 0.1) is 18.2 Å². The molecule has 0 bridgehead atoms. The van der Waals surface area contributed by atoms with Crippen molar-refractivity contribution < 1.29 is 13.2 Å². The number of halogens is 3. The molecule has 2 rings (SSSR count). The molecule has 1 aromatic rings. The van der Waals surface area contributed by atoms with Crippen molar-refractivity contribution in [3.63, 3.8) is 0 Å². The lowest BCUT2D eigenvalue weighted by Gasteiger charge is -2.32. The minimum atomic E-state index is -4.33. The number of hydrogen-bond acceptors (Lipinski definition) is 3. The number of benzene rings is 1. The lowest BCUT2D eigenvalue weighted by atomic mass is 10.0. The predicted octanol–water partition coefficient (Wildman–Crippen LogP) is 3.18. The first-order valence-electron chi connectivity index (χ1n) is 6.60. The summed E-state index contributed by atoms with van der Waals surface area (Å²) in [5.74, 6) is 0.404. The fraction of sp³-hybridized carbons (Fsp3) is 0.500. The van der Waals surface area contributed by atoms with Gasteiger partial charge < -0.3 is 10.6 Å². The number of aliphatic imine (C=N–C) groups is 1. The highest BCUT2D eigenvalue weighted by atomic mass is 19.4. The summed E-state index contributed by atoms with van der Waals surface area (Å²) in [7, 11) is 0. The van der Waals surface area contributed by atoms with E-state index in [4.69, 9.17) is 5.73 Å². The van der Waals surface area contributed by atoms with E-state index in [0.29, 0.717) is 18.1 Å². The van der Waals surface area contributed by atoms with E-state index < -0.39 is 11.7 Å². The third-order valence-electron chi connectivity index (χ3n) is 3.69. The maximum absolute atomic E-state index is 12.8. The second-order valence-corrected chi connectivity index (χ2v) is 5.00. The minimum absolute atomic E-state index is 0.140. The number of nitrogens with zero attached hydrogens (tertiary/aromatic N) is 2. The van der Waals surface area contributed by atoms with E-state index in [0.717, 1.165) is 12.5 Å². The first-order chi connectivity index (χ1) is 9.34. The zero-order valence-electron chi connectivity index (χ0n) is 11.5. The molecule has 110 valence electrons. The lowest BCUT2D eigenvalue weighted by molar-refractivity contribution is -0.137.